The molecule has 0 unspecified atom stereocenters. The van der Waals surface area contributed by atoms with E-state index in [0.29, 0.717) is 12.2 Å². The van der Waals surface area contributed by atoms with Gasteiger partial charge in [0.25, 0.3) is 0 Å². The van der Waals surface area contributed by atoms with E-state index in [9.17, 15) is 29.1 Å². The summed E-state index contributed by atoms with van der Waals surface area (Å²) in [6.07, 6.45) is -1.45. The van der Waals surface area contributed by atoms with Crippen LogP contribution in [0.25, 0.3) is 17.5 Å². The fourth-order valence-electron chi connectivity index (χ4n) is 10.2. The molecule has 0 radical (unpaired) electrons. The van der Waals surface area contributed by atoms with Crippen LogP contribution in [0.3, 0.4) is 0 Å². The molecule has 4 heterocycles. The van der Waals surface area contributed by atoms with Gasteiger partial charge >= 0.3 is 24.1 Å². The first-order valence-electron chi connectivity index (χ1n) is 24.5. The number of aliphatic hydroxyl groups is 1. The number of likely N-dealkylation sites (N-methyl/N-ethyl adjacent to an activating group) is 1. The van der Waals surface area contributed by atoms with Crippen LogP contribution >= 0.6 is 0 Å². The van der Waals surface area contributed by atoms with Gasteiger partial charge in [-0.2, -0.15) is 0 Å². The van der Waals surface area contributed by atoms with E-state index in [1.165, 1.54) is 6.92 Å². The lowest BCUT2D eigenvalue weighted by Gasteiger charge is -2.48. The molecule has 18 nitrogen and oxygen atoms in total. The monoisotopic (exact) mass is 978 g/mol. The molecule has 3 aliphatic heterocycles. The summed E-state index contributed by atoms with van der Waals surface area (Å²) in [6, 6.07) is 7.63. The minimum Gasteiger partial charge on any atom is -0.461 e. The molecule has 1 aromatic heterocycles. The number of esters is 2. The molecule has 386 valence electrons. The summed E-state index contributed by atoms with van der Waals surface area (Å²) >= 11 is 0. The molecule has 18 heteroatoms. The highest BCUT2D eigenvalue weighted by Gasteiger charge is 2.62. The van der Waals surface area contributed by atoms with E-state index >= 15 is 4.79 Å². The van der Waals surface area contributed by atoms with Gasteiger partial charge in [0.05, 0.1) is 24.0 Å². The molecule has 2 N–H and O–H groups in total. The molecule has 3 aliphatic rings. The highest BCUT2D eigenvalue weighted by atomic mass is 16.7. The Kier molecular flexibility index (Phi) is 18.5. The number of benzene rings is 1. The Morgan fingerprint density at radius 1 is 0.971 bits per heavy atom. The molecule has 0 bridgehead atoms. The van der Waals surface area contributed by atoms with Gasteiger partial charge in [0, 0.05) is 54.2 Å². The van der Waals surface area contributed by atoms with Gasteiger partial charge in [0.15, 0.2) is 17.7 Å². The van der Waals surface area contributed by atoms with Crippen LogP contribution in [0.15, 0.2) is 48.8 Å². The van der Waals surface area contributed by atoms with Crippen molar-refractivity contribution in [2.45, 2.75) is 162 Å². The largest absolute Gasteiger partial charge is 0.461 e. The number of aliphatic hydroxyl groups excluding tert-OH is 1. The number of hydrogen-bond acceptors (Lipinski definition) is 16. The molecule has 0 saturated carbocycles. The number of nitrogens with zero attached hydrogens (tertiary/aromatic N) is 4. The summed E-state index contributed by atoms with van der Waals surface area (Å²) in [5.41, 5.74) is -1.85. The number of aromatic nitrogens is 2. The fourth-order valence-corrected chi connectivity index (χ4v) is 10.2. The van der Waals surface area contributed by atoms with Crippen molar-refractivity contribution in [2.75, 3.05) is 20.6 Å². The van der Waals surface area contributed by atoms with Crippen LogP contribution in [0.4, 0.5) is 9.59 Å². The number of hydrogen-bond donors (Lipinski definition) is 2. The van der Waals surface area contributed by atoms with Crippen molar-refractivity contribution in [1.29, 1.82) is 0 Å². The number of nitrogens with one attached hydrogen (secondary N) is 1. The Morgan fingerprint density at radius 3 is 2.20 bits per heavy atom. The molecular weight excluding hydrogens is 903 g/mol. The van der Waals surface area contributed by atoms with Crippen LogP contribution < -0.4 is 5.32 Å². The lowest BCUT2D eigenvalue weighted by Crippen LogP contribution is -2.62. The first kappa shape index (κ1) is 55.6. The predicted molar refractivity (Wildman–Crippen MR) is 258 cm³/mol. The minimum atomic E-state index is -1.82. The molecule has 1 aromatic carbocycles. The Hall–Kier alpha value is -5.30. The first-order valence-corrected chi connectivity index (χ1v) is 24.5. The van der Waals surface area contributed by atoms with E-state index in [1.807, 2.05) is 56.3 Å². The summed E-state index contributed by atoms with van der Waals surface area (Å²) in [6.45, 7) is 19.7. The molecule has 3 saturated heterocycles. The number of amides is 3. The lowest BCUT2D eigenvalue weighted by atomic mass is 9.73. The standard InChI is InChI=1S/C52H75N5O13/c1-15-38-52(12)42(57(50(64)70-52)45(60)28(2)3)32(8)39(58)30(6)27-51(11,69-49(63)55-23-16-18-35-19-21-36(22-20-35)44-53-24-17-25-54-44)43(68-48-40(59)37(56(13)14)26-31(7)65-48)33(9)41(34(10)47(62)66-38)67-46(61)29(4)5/h16-22,24-25,28-34,37-38,40-43,48,59H,15,23,26-27H2,1-14H3,(H,55,63)/t30-,31-,32+,33+,34-,37+,38-,40-,41+,42-,43-,48+,51-,52-/m1/s1. The Balaban J connectivity index is 1.62. The number of carbonyl (C=O) groups is 6. The van der Waals surface area contributed by atoms with Gasteiger partial charge < -0.3 is 43.7 Å². The fraction of sp³-hybridized carbons (Fsp3) is 0.654. The maximum absolute atomic E-state index is 15.1. The second-order valence-corrected chi connectivity index (χ2v) is 20.5. The van der Waals surface area contributed by atoms with Gasteiger partial charge in [-0.05, 0) is 72.7 Å². The Bertz CT molecular complexity index is 2190. The van der Waals surface area contributed by atoms with Gasteiger partial charge in [-0.25, -0.2) is 24.5 Å². The van der Waals surface area contributed by atoms with Crippen LogP contribution in [0.5, 0.6) is 0 Å². The summed E-state index contributed by atoms with van der Waals surface area (Å²) in [5.74, 6) is -7.55. The molecule has 2 aromatic rings. The van der Waals surface area contributed by atoms with Gasteiger partial charge in [0.2, 0.25) is 5.91 Å². The third kappa shape index (κ3) is 12.4. The smallest absolute Gasteiger partial charge is 0.417 e. The van der Waals surface area contributed by atoms with Crippen molar-refractivity contribution in [3.8, 4) is 11.4 Å². The second-order valence-electron chi connectivity index (χ2n) is 20.5. The summed E-state index contributed by atoms with van der Waals surface area (Å²) < 4.78 is 38.1. The number of imide groups is 1. The minimum absolute atomic E-state index is 0.0155. The Labute approximate surface area is 412 Å². The van der Waals surface area contributed by atoms with Crippen LogP contribution in [-0.4, -0.2) is 141 Å². The van der Waals surface area contributed by atoms with Crippen molar-refractivity contribution in [1.82, 2.24) is 25.1 Å². The summed E-state index contributed by atoms with van der Waals surface area (Å²) in [5, 5.41) is 14.6. The summed E-state index contributed by atoms with van der Waals surface area (Å²) in [7, 11) is 3.65. The quantitative estimate of drug-likeness (QED) is 0.168. The van der Waals surface area contributed by atoms with Crippen molar-refractivity contribution in [2.24, 2.45) is 35.5 Å². The van der Waals surface area contributed by atoms with Crippen molar-refractivity contribution < 1.29 is 62.3 Å². The molecule has 14 atom stereocenters. The second kappa shape index (κ2) is 23.3. The van der Waals surface area contributed by atoms with Gasteiger partial charge in [0.1, 0.15) is 35.8 Å². The van der Waals surface area contributed by atoms with Gasteiger partial charge in [-0.1, -0.05) is 91.8 Å². The highest BCUT2D eigenvalue weighted by Crippen LogP contribution is 2.44. The average Bonchev–Trinajstić information content (AvgIpc) is 3.59. The van der Waals surface area contributed by atoms with Crippen LogP contribution in [-0.2, 0) is 47.6 Å². The number of alkyl carbamates (subject to hydrolysis) is 1. The van der Waals surface area contributed by atoms with E-state index in [2.05, 4.69) is 15.3 Å². The number of cyclic esters (lactones) is 1. The normalized spacial score (nSPS) is 33.4. The maximum atomic E-state index is 15.1. The number of Topliss-reactive ketones (excluding diaryl/α,β-unsaturated/α-hetero) is 1. The number of ketones is 1. The van der Waals surface area contributed by atoms with E-state index in [1.54, 1.807) is 93.8 Å². The highest BCUT2D eigenvalue weighted by molar-refractivity contribution is 5.96. The lowest BCUT2D eigenvalue weighted by molar-refractivity contribution is -0.298. The molecule has 3 amide bonds. The zero-order chi connectivity index (χ0) is 52.0. The maximum Gasteiger partial charge on any atom is 0.417 e. The molecule has 0 spiro atoms. The van der Waals surface area contributed by atoms with E-state index in [4.69, 9.17) is 28.4 Å². The third-order valence-electron chi connectivity index (χ3n) is 14.0. The molecule has 3 fully saturated rings. The molecule has 0 aliphatic carbocycles. The predicted octanol–water partition coefficient (Wildman–Crippen LogP) is 6.62. The summed E-state index contributed by atoms with van der Waals surface area (Å²) in [4.78, 5) is 96.8. The first-order chi connectivity index (χ1) is 32.8. The number of fused-ring (bicyclic) bond motifs is 1. The van der Waals surface area contributed by atoms with Crippen LogP contribution in [0.2, 0.25) is 0 Å². The molecule has 70 heavy (non-hydrogen) atoms. The number of ether oxygens (including phenoxy) is 6. The van der Waals surface area contributed by atoms with Crippen molar-refractivity contribution in [3.05, 3.63) is 54.4 Å². The van der Waals surface area contributed by atoms with Crippen molar-refractivity contribution in [3.63, 3.8) is 0 Å². The molecule has 5 rings (SSSR count). The Morgan fingerprint density at radius 2 is 1.61 bits per heavy atom. The topological polar surface area (TPSA) is 222 Å². The van der Waals surface area contributed by atoms with Gasteiger partial charge in [-0.15, -0.1) is 0 Å². The van der Waals surface area contributed by atoms with E-state index in [0.717, 1.165) is 16.0 Å². The SMILES string of the molecule is CC[C@H]1OC(=O)[C@H](C)[C@@H](OC(=O)C(C)C)[C@H](C)[C@@H](O[C@@H]2O[C@H](C)C[C@H](N(C)C)[C@H]2O)[C@](C)(OC(=O)NCC=Cc2ccc(-c3ncccn3)cc2)C[C@@H](C)C(=O)[C@H](C)[C@H]2N(C(=O)C(C)C)C(=O)O[C@]12C. The van der Waals surface area contributed by atoms with Crippen LogP contribution in [0, 0.1) is 35.5 Å². The zero-order valence-corrected chi connectivity index (χ0v) is 43.2. The van der Waals surface area contributed by atoms with Gasteiger partial charge in [-0.3, -0.25) is 19.2 Å². The third-order valence-corrected chi connectivity index (χ3v) is 14.0. The zero-order valence-electron chi connectivity index (χ0n) is 43.2. The number of rotatable bonds is 12. The van der Waals surface area contributed by atoms with Crippen LogP contribution in [0.1, 0.15) is 108 Å². The van der Waals surface area contributed by atoms with E-state index < -0.39 is 131 Å². The van der Waals surface area contributed by atoms with E-state index in [-0.39, 0.29) is 19.4 Å². The number of carbonyl (C=O) groups excluding carboxylic acids is 6. The van der Waals surface area contributed by atoms with Crippen molar-refractivity contribution >= 4 is 41.9 Å². The molecular formula is C52H75N5O13. The average molecular weight is 978 g/mol.